The van der Waals surface area contributed by atoms with E-state index < -0.39 is 33.6 Å². The van der Waals surface area contributed by atoms with Gasteiger partial charge in [-0.2, -0.15) is 4.72 Å². The van der Waals surface area contributed by atoms with Gasteiger partial charge in [-0.3, -0.25) is 0 Å². The van der Waals surface area contributed by atoms with Gasteiger partial charge in [-0.1, -0.05) is 36.8 Å². The van der Waals surface area contributed by atoms with Crippen LogP contribution in [0, 0.1) is 19.7 Å². The molecule has 0 fully saturated rings. The molecule has 0 bridgehead atoms. The van der Waals surface area contributed by atoms with Gasteiger partial charge in [0.15, 0.2) is 0 Å². The van der Waals surface area contributed by atoms with Gasteiger partial charge in [-0.15, -0.1) is 5.10 Å². The molecule has 3 rings (SSSR count). The van der Waals surface area contributed by atoms with Crippen LogP contribution in [-0.2, 0) is 10.0 Å². The zero-order valence-corrected chi connectivity index (χ0v) is 19.7. The molecular weight excluding hydrogens is 479 g/mol. The molecule has 0 saturated heterocycles. The van der Waals surface area contributed by atoms with Gasteiger partial charge in [0.05, 0.1) is 4.90 Å². The summed E-state index contributed by atoms with van der Waals surface area (Å²) < 4.78 is 48.9. The topological polar surface area (TPSA) is 131 Å². The van der Waals surface area contributed by atoms with Crippen LogP contribution in [0.25, 0.3) is 0 Å². The molecule has 1 aromatic heterocycles. The van der Waals surface area contributed by atoms with Gasteiger partial charge in [-0.25, -0.2) is 22.7 Å². The van der Waals surface area contributed by atoms with Crippen LogP contribution < -0.4 is 16.2 Å². The van der Waals surface area contributed by atoms with E-state index in [-0.39, 0.29) is 31.9 Å². The number of halogens is 2. The third-order valence-corrected chi connectivity index (χ3v) is 7.14. The summed E-state index contributed by atoms with van der Waals surface area (Å²) >= 11 is 10.9. The van der Waals surface area contributed by atoms with Gasteiger partial charge in [0.2, 0.25) is 15.9 Å². The van der Waals surface area contributed by atoms with Crippen LogP contribution in [0.15, 0.2) is 44.4 Å². The monoisotopic (exact) mass is 498 g/mol. The maximum Gasteiger partial charge on any atom is 0.434 e. The number of aromatic nitrogens is 2. The van der Waals surface area contributed by atoms with E-state index in [0.717, 1.165) is 5.56 Å². The van der Waals surface area contributed by atoms with E-state index in [2.05, 4.69) is 14.9 Å². The molecule has 170 valence electrons. The number of nitrogens with zero attached hydrogens (tertiary/aromatic N) is 1. The van der Waals surface area contributed by atoms with Crippen LogP contribution >= 0.6 is 23.8 Å². The average molecular weight is 499 g/mol. The van der Waals surface area contributed by atoms with Crippen molar-refractivity contribution in [2.24, 2.45) is 5.73 Å². The summed E-state index contributed by atoms with van der Waals surface area (Å²) in [5.41, 5.74) is 7.43. The van der Waals surface area contributed by atoms with Gasteiger partial charge in [0, 0.05) is 16.5 Å². The second-order valence-electron chi connectivity index (χ2n) is 7.25. The van der Waals surface area contributed by atoms with Crippen LogP contribution in [0.1, 0.15) is 47.0 Å². The highest BCUT2D eigenvalue weighted by atomic mass is 35.5. The molecule has 0 amide bonds. The average Bonchev–Trinajstić information content (AvgIpc) is 3.15. The van der Waals surface area contributed by atoms with Gasteiger partial charge < -0.3 is 10.2 Å². The second kappa shape index (κ2) is 9.10. The smallest absolute Gasteiger partial charge is 0.391 e. The number of nitrogens with two attached hydrogens (primary N) is 1. The van der Waals surface area contributed by atoms with Gasteiger partial charge >= 0.3 is 5.76 Å². The summed E-state index contributed by atoms with van der Waals surface area (Å²) in [6.45, 7) is 5.13. The first-order valence-electron chi connectivity index (χ1n) is 9.35. The number of hydrogen-bond donors (Lipinski definition) is 3. The molecule has 0 aliphatic rings. The first-order chi connectivity index (χ1) is 14.9. The Balaban J connectivity index is 2.14. The number of thiocarbonyl (C=S) groups is 1. The molecule has 2 aromatic carbocycles. The highest BCUT2D eigenvalue weighted by Gasteiger charge is 2.34. The SMILES string of the molecule is Cc1ccc(F)c([C@@H](C)[C@H](NS(=O)(=O)c2ccc(Cl)cc2C(N)=S)c2n[nH]c(=O)o2)c1C. The Morgan fingerprint density at radius 3 is 2.59 bits per heavy atom. The lowest BCUT2D eigenvalue weighted by Crippen LogP contribution is -2.34. The van der Waals surface area contributed by atoms with Crippen molar-refractivity contribution in [1.82, 2.24) is 14.9 Å². The number of benzene rings is 2. The molecular formula is C20H20ClFN4O4S2. The Hall–Kier alpha value is -2.60. The standard InChI is InChI=1S/C20H20ClFN4O4S2/c1-9-4-6-14(22)16(10(9)2)11(3)17(19-24-25-20(27)30-19)26-32(28,29)15-7-5-12(21)8-13(15)18(23)31/h4-8,11,17,26H,1-3H3,(H2,23,31)(H,25,27)/t11-,17+/m1/s1. The fourth-order valence-corrected chi connectivity index (χ4v) is 5.31. The summed E-state index contributed by atoms with van der Waals surface area (Å²) in [5, 5.41) is 6.11. The third-order valence-electron chi connectivity index (χ3n) is 5.19. The number of nitrogens with one attached hydrogen (secondary N) is 2. The van der Waals surface area contributed by atoms with E-state index in [1.807, 2.05) is 0 Å². The van der Waals surface area contributed by atoms with Crippen molar-refractivity contribution in [3.05, 3.63) is 79.9 Å². The predicted octanol–water partition coefficient (Wildman–Crippen LogP) is 3.23. The van der Waals surface area contributed by atoms with E-state index in [4.69, 9.17) is 34.0 Å². The minimum atomic E-state index is -4.29. The lowest BCUT2D eigenvalue weighted by atomic mass is 9.88. The Labute approximate surface area is 194 Å². The van der Waals surface area contributed by atoms with Crippen molar-refractivity contribution in [3.63, 3.8) is 0 Å². The first kappa shape index (κ1) is 24.1. The molecule has 0 saturated carbocycles. The fourth-order valence-electron chi connectivity index (χ4n) is 3.43. The highest BCUT2D eigenvalue weighted by molar-refractivity contribution is 7.89. The maximum atomic E-state index is 14.8. The molecule has 12 heteroatoms. The summed E-state index contributed by atoms with van der Waals surface area (Å²) in [5.74, 6) is -2.47. The fraction of sp³-hybridized carbons (Fsp3) is 0.250. The van der Waals surface area contributed by atoms with E-state index >= 15 is 0 Å². The zero-order valence-electron chi connectivity index (χ0n) is 17.3. The summed E-state index contributed by atoms with van der Waals surface area (Å²) in [6, 6.07) is 5.64. The minimum absolute atomic E-state index is 0.0350. The Morgan fingerprint density at radius 2 is 2.00 bits per heavy atom. The Kier molecular flexibility index (Phi) is 6.84. The number of sulfonamides is 1. The normalized spacial score (nSPS) is 13.7. The molecule has 4 N–H and O–H groups in total. The van der Waals surface area contributed by atoms with Crippen LogP contribution in [0.3, 0.4) is 0 Å². The largest absolute Gasteiger partial charge is 0.434 e. The molecule has 2 atom stereocenters. The Bertz CT molecular complexity index is 1350. The quantitative estimate of drug-likeness (QED) is 0.426. The number of H-pyrrole nitrogens is 1. The summed E-state index contributed by atoms with van der Waals surface area (Å²) in [7, 11) is -4.29. The molecule has 0 aliphatic carbocycles. The molecule has 0 radical (unpaired) electrons. The van der Waals surface area contributed by atoms with Crippen molar-refractivity contribution in [3.8, 4) is 0 Å². The number of aryl methyl sites for hydroxylation is 1. The number of hydrogen-bond acceptors (Lipinski definition) is 6. The summed E-state index contributed by atoms with van der Waals surface area (Å²) in [4.78, 5) is 11.2. The lowest BCUT2D eigenvalue weighted by Gasteiger charge is -2.25. The van der Waals surface area contributed by atoms with E-state index in [9.17, 15) is 17.6 Å². The van der Waals surface area contributed by atoms with Crippen LogP contribution in [-0.4, -0.2) is 23.6 Å². The first-order valence-corrected chi connectivity index (χ1v) is 11.6. The van der Waals surface area contributed by atoms with Crippen molar-refractivity contribution < 1.29 is 17.2 Å². The van der Waals surface area contributed by atoms with E-state index in [1.54, 1.807) is 26.8 Å². The molecule has 32 heavy (non-hydrogen) atoms. The molecule has 3 aromatic rings. The molecule has 1 heterocycles. The molecule has 8 nitrogen and oxygen atoms in total. The maximum absolute atomic E-state index is 14.8. The highest BCUT2D eigenvalue weighted by Crippen LogP contribution is 2.35. The van der Waals surface area contributed by atoms with Crippen molar-refractivity contribution in [2.75, 3.05) is 0 Å². The minimum Gasteiger partial charge on any atom is -0.391 e. The molecule has 0 unspecified atom stereocenters. The lowest BCUT2D eigenvalue weighted by molar-refractivity contribution is 0.377. The zero-order chi connectivity index (χ0) is 23.8. The Morgan fingerprint density at radius 1 is 1.31 bits per heavy atom. The molecule has 0 spiro atoms. The van der Waals surface area contributed by atoms with Gasteiger partial charge in [0.1, 0.15) is 16.8 Å². The van der Waals surface area contributed by atoms with Crippen molar-refractivity contribution in [2.45, 2.75) is 37.6 Å². The van der Waals surface area contributed by atoms with Gasteiger partial charge in [-0.05, 0) is 54.8 Å². The number of aromatic amines is 1. The third kappa shape index (κ3) is 4.75. The number of rotatable bonds is 7. The van der Waals surface area contributed by atoms with Gasteiger partial charge in [0.25, 0.3) is 0 Å². The van der Waals surface area contributed by atoms with Crippen LogP contribution in [0.2, 0.25) is 5.02 Å². The van der Waals surface area contributed by atoms with Crippen molar-refractivity contribution >= 4 is 38.8 Å². The molecule has 0 aliphatic heterocycles. The van der Waals surface area contributed by atoms with Crippen LogP contribution in [0.4, 0.5) is 4.39 Å². The second-order valence-corrected chi connectivity index (χ2v) is 9.81. The summed E-state index contributed by atoms with van der Waals surface area (Å²) in [6.07, 6.45) is 0. The predicted molar refractivity (Wildman–Crippen MR) is 122 cm³/mol. The van der Waals surface area contributed by atoms with E-state index in [1.165, 1.54) is 24.3 Å². The van der Waals surface area contributed by atoms with Crippen LogP contribution in [0.5, 0.6) is 0 Å². The van der Waals surface area contributed by atoms with Crippen molar-refractivity contribution in [1.29, 1.82) is 0 Å². The van der Waals surface area contributed by atoms with E-state index in [0.29, 0.717) is 5.56 Å².